The normalized spacial score (nSPS) is 24.0. The maximum absolute atomic E-state index is 12.5. The fraction of sp³-hybridized carbons (Fsp3) is 0.450. The van der Waals surface area contributed by atoms with Gasteiger partial charge in [-0.05, 0) is 24.3 Å². The second-order valence-corrected chi connectivity index (χ2v) is 7.62. The molecule has 0 bridgehead atoms. The number of amides is 2. The molecule has 0 spiro atoms. The summed E-state index contributed by atoms with van der Waals surface area (Å²) in [6.45, 7) is 1.91. The number of urea groups is 1. The fourth-order valence-electron chi connectivity index (χ4n) is 4.44. The predicted molar refractivity (Wildman–Crippen MR) is 99.0 cm³/mol. The van der Waals surface area contributed by atoms with E-state index in [-0.39, 0.29) is 11.9 Å². The van der Waals surface area contributed by atoms with E-state index in [1.165, 1.54) is 5.56 Å². The van der Waals surface area contributed by atoms with Crippen molar-refractivity contribution in [2.45, 2.75) is 32.4 Å². The van der Waals surface area contributed by atoms with Gasteiger partial charge in [-0.15, -0.1) is 0 Å². The van der Waals surface area contributed by atoms with Gasteiger partial charge in [0.15, 0.2) is 0 Å². The Morgan fingerprint density at radius 2 is 2.07 bits per heavy atom. The van der Waals surface area contributed by atoms with E-state index in [4.69, 9.17) is 0 Å². The summed E-state index contributed by atoms with van der Waals surface area (Å²) >= 11 is 0. The number of carbonyl (C=O) groups excluding carboxylic acids is 1. The number of carboxylic acid groups (broad SMARTS) is 1. The Labute approximate surface area is 158 Å². The van der Waals surface area contributed by atoms with Gasteiger partial charge in [0.05, 0.1) is 18.2 Å². The van der Waals surface area contributed by atoms with Crippen LogP contribution in [0.15, 0.2) is 42.7 Å². The number of rotatable bonds is 5. The maximum atomic E-state index is 12.5. The molecule has 2 atom stereocenters. The minimum atomic E-state index is -0.762. The van der Waals surface area contributed by atoms with Crippen LogP contribution in [0.5, 0.6) is 0 Å². The molecule has 7 heteroatoms. The summed E-state index contributed by atoms with van der Waals surface area (Å²) in [6.07, 6.45) is 6.17. The van der Waals surface area contributed by atoms with Crippen molar-refractivity contribution in [2.24, 2.45) is 11.3 Å². The number of aliphatic carboxylic acids is 1. The Hall–Kier alpha value is -2.83. The highest BCUT2D eigenvalue weighted by Crippen LogP contribution is 2.48. The number of likely N-dealkylation sites (tertiary alicyclic amines) is 1. The number of nitrogens with zero attached hydrogens (tertiary/aromatic N) is 3. The summed E-state index contributed by atoms with van der Waals surface area (Å²) in [6, 6.07) is 9.87. The van der Waals surface area contributed by atoms with Crippen molar-refractivity contribution in [2.75, 3.05) is 13.1 Å². The molecule has 1 aliphatic heterocycles. The summed E-state index contributed by atoms with van der Waals surface area (Å²) in [5, 5.41) is 16.9. The van der Waals surface area contributed by atoms with Crippen molar-refractivity contribution in [1.82, 2.24) is 20.0 Å². The number of nitrogens with one attached hydrogen (secondary N) is 1. The first-order chi connectivity index (χ1) is 13.1. The van der Waals surface area contributed by atoms with Gasteiger partial charge in [0.2, 0.25) is 0 Å². The van der Waals surface area contributed by atoms with E-state index in [0.29, 0.717) is 32.6 Å². The third-order valence-electron chi connectivity index (χ3n) is 5.90. The minimum absolute atomic E-state index is 0.0781. The Balaban J connectivity index is 1.32. The lowest BCUT2D eigenvalue weighted by Crippen LogP contribution is -2.41. The van der Waals surface area contributed by atoms with Gasteiger partial charge in [0.1, 0.15) is 0 Å². The van der Waals surface area contributed by atoms with Crippen LogP contribution in [0.25, 0.3) is 0 Å². The largest absolute Gasteiger partial charge is 0.481 e. The average molecular weight is 368 g/mol. The standard InChI is InChI=1S/C20H24N4O3/c25-18(26)20-8-4-7-17(20)13-23(14-20)19(27)21-9-16-10-22-24(12-16)11-15-5-2-1-3-6-15/h1-3,5-6,10,12,17H,4,7-9,11,13-14H2,(H,21,27)(H,25,26)/t17-,20+/m0/s1. The van der Waals surface area contributed by atoms with Crippen LogP contribution in [0.3, 0.4) is 0 Å². The lowest BCUT2D eigenvalue weighted by atomic mass is 9.81. The van der Waals surface area contributed by atoms with E-state index >= 15 is 0 Å². The molecule has 27 heavy (non-hydrogen) atoms. The quantitative estimate of drug-likeness (QED) is 0.848. The van der Waals surface area contributed by atoms with Crippen molar-refractivity contribution in [1.29, 1.82) is 0 Å². The van der Waals surface area contributed by atoms with E-state index in [0.717, 1.165) is 18.4 Å². The SMILES string of the molecule is O=C(NCc1cnn(Cc2ccccc2)c1)N1C[C@@H]2CCC[C@@]2(C(=O)O)C1. The average Bonchev–Trinajstić information content (AvgIpc) is 3.35. The lowest BCUT2D eigenvalue weighted by molar-refractivity contribution is -0.149. The Kier molecular flexibility index (Phi) is 4.59. The first kappa shape index (κ1) is 17.6. The van der Waals surface area contributed by atoms with Gasteiger partial charge >= 0.3 is 12.0 Å². The summed E-state index contributed by atoms with van der Waals surface area (Å²) in [5.41, 5.74) is 1.35. The van der Waals surface area contributed by atoms with Gasteiger partial charge in [-0.2, -0.15) is 5.10 Å². The summed E-state index contributed by atoms with van der Waals surface area (Å²) in [4.78, 5) is 25.9. The molecule has 2 fully saturated rings. The smallest absolute Gasteiger partial charge is 0.317 e. The van der Waals surface area contributed by atoms with E-state index in [1.807, 2.05) is 41.2 Å². The molecule has 2 aliphatic rings. The number of carboxylic acids is 1. The molecule has 1 saturated heterocycles. The Morgan fingerprint density at radius 1 is 1.26 bits per heavy atom. The molecule has 1 saturated carbocycles. The molecule has 1 aliphatic carbocycles. The zero-order chi connectivity index (χ0) is 18.9. The minimum Gasteiger partial charge on any atom is -0.481 e. The van der Waals surface area contributed by atoms with Gasteiger partial charge in [-0.3, -0.25) is 9.48 Å². The molecule has 2 heterocycles. The van der Waals surface area contributed by atoms with Gasteiger partial charge in [0.25, 0.3) is 0 Å². The van der Waals surface area contributed by atoms with Crippen LogP contribution in [0.1, 0.15) is 30.4 Å². The van der Waals surface area contributed by atoms with Crippen molar-refractivity contribution >= 4 is 12.0 Å². The molecular formula is C20H24N4O3. The van der Waals surface area contributed by atoms with E-state index in [9.17, 15) is 14.7 Å². The predicted octanol–water partition coefficient (Wildman–Crippen LogP) is 2.33. The number of fused-ring (bicyclic) bond motifs is 1. The fourth-order valence-corrected chi connectivity index (χ4v) is 4.44. The summed E-state index contributed by atoms with van der Waals surface area (Å²) in [5.74, 6) is -0.683. The first-order valence-corrected chi connectivity index (χ1v) is 9.38. The van der Waals surface area contributed by atoms with E-state index in [1.54, 1.807) is 11.1 Å². The summed E-state index contributed by atoms with van der Waals surface area (Å²) in [7, 11) is 0. The van der Waals surface area contributed by atoms with Crippen LogP contribution in [-0.2, 0) is 17.9 Å². The zero-order valence-electron chi connectivity index (χ0n) is 15.2. The molecule has 4 rings (SSSR count). The second kappa shape index (κ2) is 7.06. The number of hydrogen-bond acceptors (Lipinski definition) is 3. The van der Waals surface area contributed by atoms with E-state index < -0.39 is 11.4 Å². The Morgan fingerprint density at radius 3 is 2.81 bits per heavy atom. The highest BCUT2D eigenvalue weighted by molar-refractivity contribution is 5.80. The van der Waals surface area contributed by atoms with Crippen molar-refractivity contribution in [3.8, 4) is 0 Å². The molecule has 0 unspecified atom stereocenters. The monoisotopic (exact) mass is 368 g/mol. The van der Waals surface area contributed by atoms with Crippen LogP contribution < -0.4 is 5.32 Å². The topological polar surface area (TPSA) is 87.5 Å². The molecule has 2 amide bonds. The lowest BCUT2D eigenvalue weighted by Gasteiger charge is -2.23. The Bertz CT molecular complexity index is 835. The van der Waals surface area contributed by atoms with Crippen molar-refractivity contribution in [3.05, 3.63) is 53.9 Å². The molecule has 1 aromatic heterocycles. The molecule has 142 valence electrons. The van der Waals surface area contributed by atoms with Crippen LogP contribution in [-0.4, -0.2) is 44.9 Å². The highest BCUT2D eigenvalue weighted by atomic mass is 16.4. The number of benzene rings is 1. The summed E-state index contributed by atoms with van der Waals surface area (Å²) < 4.78 is 1.84. The van der Waals surface area contributed by atoms with Crippen LogP contribution in [0.4, 0.5) is 4.79 Å². The molecule has 0 radical (unpaired) electrons. The zero-order valence-corrected chi connectivity index (χ0v) is 15.2. The van der Waals surface area contributed by atoms with Gasteiger partial charge in [-0.25, -0.2) is 4.79 Å². The van der Waals surface area contributed by atoms with Crippen LogP contribution >= 0.6 is 0 Å². The molecule has 1 aromatic carbocycles. The maximum Gasteiger partial charge on any atom is 0.317 e. The van der Waals surface area contributed by atoms with Crippen LogP contribution in [0.2, 0.25) is 0 Å². The van der Waals surface area contributed by atoms with Gasteiger partial charge in [-0.1, -0.05) is 36.8 Å². The molecule has 7 nitrogen and oxygen atoms in total. The molecular weight excluding hydrogens is 344 g/mol. The number of aromatic nitrogens is 2. The van der Waals surface area contributed by atoms with E-state index in [2.05, 4.69) is 10.4 Å². The number of hydrogen-bond donors (Lipinski definition) is 2. The first-order valence-electron chi connectivity index (χ1n) is 9.38. The second-order valence-electron chi connectivity index (χ2n) is 7.62. The third-order valence-corrected chi connectivity index (χ3v) is 5.90. The van der Waals surface area contributed by atoms with Crippen molar-refractivity contribution < 1.29 is 14.7 Å². The number of carbonyl (C=O) groups is 2. The third kappa shape index (κ3) is 3.41. The van der Waals surface area contributed by atoms with Gasteiger partial charge < -0.3 is 15.3 Å². The molecule has 2 N–H and O–H groups in total. The van der Waals surface area contributed by atoms with Gasteiger partial charge in [0, 0.05) is 31.4 Å². The van der Waals surface area contributed by atoms with Crippen molar-refractivity contribution in [3.63, 3.8) is 0 Å². The highest BCUT2D eigenvalue weighted by Gasteiger charge is 2.55. The van der Waals surface area contributed by atoms with Crippen LogP contribution in [0, 0.1) is 11.3 Å². The molecule has 2 aromatic rings.